The van der Waals surface area contributed by atoms with Gasteiger partial charge in [0.2, 0.25) is 11.8 Å². The minimum absolute atomic E-state index is 0.000680. The zero-order chi connectivity index (χ0) is 29.6. The highest BCUT2D eigenvalue weighted by Gasteiger charge is 2.34. The molecule has 0 aliphatic carbocycles. The van der Waals surface area contributed by atoms with E-state index in [0.29, 0.717) is 22.0 Å². The topological polar surface area (TPSA) is 86.8 Å². The number of anilines is 1. The van der Waals surface area contributed by atoms with E-state index < -0.39 is 28.5 Å². The average Bonchev–Trinajstić information content (AvgIpc) is 2.89. The van der Waals surface area contributed by atoms with E-state index >= 15 is 0 Å². The van der Waals surface area contributed by atoms with E-state index in [1.165, 1.54) is 23.1 Å². The van der Waals surface area contributed by atoms with Gasteiger partial charge in [0.25, 0.3) is 10.0 Å². The quantitative estimate of drug-likeness (QED) is 0.265. The summed E-state index contributed by atoms with van der Waals surface area (Å²) in [5.41, 5.74) is 1.66. The molecule has 0 spiro atoms. The van der Waals surface area contributed by atoms with Gasteiger partial charge in [0.15, 0.2) is 0 Å². The van der Waals surface area contributed by atoms with Crippen molar-refractivity contribution in [2.45, 2.75) is 57.6 Å². The van der Waals surface area contributed by atoms with Crippen LogP contribution in [0.15, 0.2) is 71.6 Å². The summed E-state index contributed by atoms with van der Waals surface area (Å²) in [5.74, 6) is -0.941. The van der Waals surface area contributed by atoms with Crippen LogP contribution in [0.2, 0.25) is 15.1 Å². The molecule has 3 aromatic carbocycles. The molecule has 3 rings (SSSR count). The van der Waals surface area contributed by atoms with Gasteiger partial charge >= 0.3 is 0 Å². The van der Waals surface area contributed by atoms with Crippen molar-refractivity contribution in [1.29, 1.82) is 0 Å². The molecule has 0 saturated heterocycles. The molecule has 1 atom stereocenters. The Hall–Kier alpha value is -2.78. The first-order chi connectivity index (χ1) is 18.8. The largest absolute Gasteiger partial charge is 0.352 e. The first kappa shape index (κ1) is 31.7. The van der Waals surface area contributed by atoms with Crippen LogP contribution >= 0.6 is 34.8 Å². The number of nitrogens with one attached hydrogen (secondary N) is 1. The van der Waals surface area contributed by atoms with Crippen LogP contribution in [0.5, 0.6) is 0 Å². The molecule has 0 aliphatic rings. The molecule has 0 aromatic heterocycles. The summed E-state index contributed by atoms with van der Waals surface area (Å²) >= 11 is 18.7. The highest BCUT2D eigenvalue weighted by molar-refractivity contribution is 7.92. The van der Waals surface area contributed by atoms with Crippen molar-refractivity contribution in [1.82, 2.24) is 10.2 Å². The standard InChI is InChI=1S/C29H32Cl3N3O4S/c1-5-26(29(37)33-19(2)3)34(17-21-12-15-23(30)25(32)16-21)28(36)18-35(27-9-7-6-8-24(27)31)40(38,39)22-13-10-20(4)11-14-22/h6-16,19,26H,5,17-18H2,1-4H3,(H,33,37)/t26-/m1/s1. The number of halogens is 3. The molecule has 11 heteroatoms. The van der Waals surface area contributed by atoms with Crippen LogP contribution in [-0.4, -0.2) is 43.8 Å². The van der Waals surface area contributed by atoms with Gasteiger partial charge in [0.05, 0.1) is 25.7 Å². The highest BCUT2D eigenvalue weighted by atomic mass is 35.5. The Morgan fingerprint density at radius 3 is 2.12 bits per heavy atom. The number of carbonyl (C=O) groups is 2. The lowest BCUT2D eigenvalue weighted by atomic mass is 10.1. The molecule has 0 radical (unpaired) electrons. The molecule has 0 bridgehead atoms. The number of nitrogens with zero attached hydrogens (tertiary/aromatic N) is 2. The van der Waals surface area contributed by atoms with Crippen LogP contribution in [-0.2, 0) is 26.2 Å². The maximum absolute atomic E-state index is 14.1. The number of sulfonamides is 1. The molecule has 7 nitrogen and oxygen atoms in total. The second-order valence-corrected chi connectivity index (χ2v) is 12.7. The van der Waals surface area contributed by atoms with E-state index in [0.717, 1.165) is 9.87 Å². The van der Waals surface area contributed by atoms with Crippen molar-refractivity contribution < 1.29 is 18.0 Å². The molecule has 3 aromatic rings. The number of amides is 2. The van der Waals surface area contributed by atoms with E-state index in [9.17, 15) is 18.0 Å². The molecule has 0 fully saturated rings. The van der Waals surface area contributed by atoms with Crippen LogP contribution in [0.25, 0.3) is 0 Å². The molecule has 0 unspecified atom stereocenters. The lowest BCUT2D eigenvalue weighted by Gasteiger charge is -2.33. The van der Waals surface area contributed by atoms with Crippen LogP contribution in [0, 0.1) is 6.92 Å². The molecule has 2 amide bonds. The van der Waals surface area contributed by atoms with Crippen molar-refractivity contribution in [3.05, 3.63) is 92.9 Å². The monoisotopic (exact) mass is 623 g/mol. The van der Waals surface area contributed by atoms with Gasteiger partial charge in [0.1, 0.15) is 12.6 Å². The minimum Gasteiger partial charge on any atom is -0.352 e. The zero-order valence-corrected chi connectivity index (χ0v) is 25.8. The van der Waals surface area contributed by atoms with Gasteiger partial charge in [-0.2, -0.15) is 0 Å². The fourth-order valence-electron chi connectivity index (χ4n) is 4.14. The second-order valence-electron chi connectivity index (χ2n) is 9.63. The van der Waals surface area contributed by atoms with Crippen molar-refractivity contribution in [3.8, 4) is 0 Å². The van der Waals surface area contributed by atoms with Crippen LogP contribution in [0.1, 0.15) is 38.3 Å². The summed E-state index contributed by atoms with van der Waals surface area (Å²) in [5, 5.41) is 3.66. The normalized spacial score (nSPS) is 12.2. The predicted octanol–water partition coefficient (Wildman–Crippen LogP) is 6.48. The molecule has 40 heavy (non-hydrogen) atoms. The Labute approximate surface area is 251 Å². The van der Waals surface area contributed by atoms with Crippen LogP contribution in [0.4, 0.5) is 5.69 Å². The average molecular weight is 625 g/mol. The van der Waals surface area contributed by atoms with Gasteiger partial charge in [0, 0.05) is 12.6 Å². The Kier molecular flexibility index (Phi) is 10.9. The Balaban J connectivity index is 2.09. The number of para-hydroxylation sites is 1. The van der Waals surface area contributed by atoms with Crippen molar-refractivity contribution >= 4 is 62.3 Å². The van der Waals surface area contributed by atoms with Gasteiger partial charge in [-0.25, -0.2) is 8.42 Å². The third-order valence-corrected chi connectivity index (χ3v) is 9.00. The van der Waals surface area contributed by atoms with E-state index in [2.05, 4.69) is 5.32 Å². The lowest BCUT2D eigenvalue weighted by Crippen LogP contribution is -2.53. The molecule has 1 N–H and O–H groups in total. The summed E-state index contributed by atoms with van der Waals surface area (Å²) < 4.78 is 28.8. The number of carbonyl (C=O) groups excluding carboxylic acids is 2. The third kappa shape index (κ3) is 7.69. The number of hydrogen-bond donors (Lipinski definition) is 1. The number of rotatable bonds is 11. The third-order valence-electron chi connectivity index (χ3n) is 6.16. The lowest BCUT2D eigenvalue weighted by molar-refractivity contribution is -0.140. The molecular formula is C29H32Cl3N3O4S. The van der Waals surface area contributed by atoms with E-state index in [-0.39, 0.29) is 34.1 Å². The van der Waals surface area contributed by atoms with Gasteiger partial charge in [-0.05, 0) is 69.2 Å². The van der Waals surface area contributed by atoms with E-state index in [1.807, 2.05) is 20.8 Å². The van der Waals surface area contributed by atoms with Gasteiger partial charge in [-0.1, -0.05) is 77.6 Å². The zero-order valence-electron chi connectivity index (χ0n) is 22.7. The first-order valence-corrected chi connectivity index (χ1v) is 15.3. The Bertz CT molecular complexity index is 1460. The molecule has 0 heterocycles. The summed E-state index contributed by atoms with van der Waals surface area (Å²) in [7, 11) is -4.22. The van der Waals surface area contributed by atoms with Gasteiger partial charge < -0.3 is 10.2 Å². The Morgan fingerprint density at radius 1 is 0.900 bits per heavy atom. The summed E-state index contributed by atoms with van der Waals surface area (Å²) in [6, 6.07) is 16.6. The van der Waals surface area contributed by atoms with Crippen molar-refractivity contribution in [2.24, 2.45) is 0 Å². The summed E-state index contributed by atoms with van der Waals surface area (Å²) in [4.78, 5) is 28.6. The summed E-state index contributed by atoms with van der Waals surface area (Å²) in [6.45, 7) is 6.69. The number of hydrogen-bond acceptors (Lipinski definition) is 4. The Morgan fingerprint density at radius 2 is 1.55 bits per heavy atom. The fraction of sp³-hybridized carbons (Fsp3) is 0.310. The first-order valence-electron chi connectivity index (χ1n) is 12.7. The molecule has 0 saturated carbocycles. The molecular weight excluding hydrogens is 593 g/mol. The number of aryl methyl sites for hydroxylation is 1. The van der Waals surface area contributed by atoms with E-state index in [4.69, 9.17) is 34.8 Å². The number of benzene rings is 3. The second kappa shape index (κ2) is 13.7. The van der Waals surface area contributed by atoms with Crippen molar-refractivity contribution in [2.75, 3.05) is 10.8 Å². The van der Waals surface area contributed by atoms with Crippen molar-refractivity contribution in [3.63, 3.8) is 0 Å². The summed E-state index contributed by atoms with van der Waals surface area (Å²) in [6.07, 6.45) is 0.294. The smallest absolute Gasteiger partial charge is 0.264 e. The van der Waals surface area contributed by atoms with Crippen LogP contribution in [0.3, 0.4) is 0 Å². The maximum Gasteiger partial charge on any atom is 0.264 e. The molecule has 0 aliphatic heterocycles. The van der Waals surface area contributed by atoms with Gasteiger partial charge in [-0.3, -0.25) is 13.9 Å². The molecule has 214 valence electrons. The SMILES string of the molecule is CC[C@H](C(=O)NC(C)C)N(Cc1ccc(Cl)c(Cl)c1)C(=O)CN(c1ccccc1Cl)S(=O)(=O)c1ccc(C)cc1. The van der Waals surface area contributed by atoms with Crippen LogP contribution < -0.4 is 9.62 Å². The van der Waals surface area contributed by atoms with Gasteiger partial charge in [-0.15, -0.1) is 0 Å². The maximum atomic E-state index is 14.1. The highest BCUT2D eigenvalue weighted by Crippen LogP contribution is 2.31. The minimum atomic E-state index is -4.22. The predicted molar refractivity (Wildman–Crippen MR) is 162 cm³/mol. The van der Waals surface area contributed by atoms with E-state index in [1.54, 1.807) is 55.5 Å². The fourth-order valence-corrected chi connectivity index (χ4v) is 6.18.